The molecule has 7 nitrogen and oxygen atoms in total. The van der Waals surface area contributed by atoms with Gasteiger partial charge in [0, 0.05) is 23.8 Å². The summed E-state index contributed by atoms with van der Waals surface area (Å²) in [7, 11) is 3.05. The van der Waals surface area contributed by atoms with Crippen LogP contribution in [0.2, 0.25) is 0 Å². The summed E-state index contributed by atoms with van der Waals surface area (Å²) in [6.45, 7) is 5.63. The van der Waals surface area contributed by atoms with Crippen LogP contribution in [0.1, 0.15) is 74.4 Å². The number of phenolic OH excluding ortho intramolecular Hbond substituents is 2. The molecule has 1 heterocycles. The van der Waals surface area contributed by atoms with Crippen LogP contribution in [0, 0.1) is 6.92 Å². The summed E-state index contributed by atoms with van der Waals surface area (Å²) in [6, 6.07) is 12.4. The van der Waals surface area contributed by atoms with Crippen molar-refractivity contribution < 1.29 is 34.0 Å². The minimum Gasteiger partial charge on any atom is -0.507 e. The van der Waals surface area contributed by atoms with Gasteiger partial charge in [-0.1, -0.05) is 30.3 Å². The molecule has 0 aromatic heterocycles. The van der Waals surface area contributed by atoms with Crippen LogP contribution in [0.25, 0.3) is 0 Å². The predicted octanol–water partition coefficient (Wildman–Crippen LogP) is 5.13. The summed E-state index contributed by atoms with van der Waals surface area (Å²) in [5.74, 6) is -0.601. The second-order valence-corrected chi connectivity index (χ2v) is 10.6. The Balaban J connectivity index is 1.67. The van der Waals surface area contributed by atoms with Gasteiger partial charge in [0.2, 0.25) is 5.78 Å². The third-order valence-corrected chi connectivity index (χ3v) is 8.31. The van der Waals surface area contributed by atoms with E-state index in [9.17, 15) is 19.8 Å². The van der Waals surface area contributed by atoms with Crippen LogP contribution in [0.15, 0.2) is 53.6 Å². The van der Waals surface area contributed by atoms with Crippen LogP contribution in [-0.4, -0.2) is 48.2 Å². The molecule has 200 valence electrons. The van der Waals surface area contributed by atoms with E-state index in [1.165, 1.54) is 7.11 Å². The van der Waals surface area contributed by atoms with Crippen LogP contribution >= 0.6 is 0 Å². The Morgan fingerprint density at radius 3 is 2.41 bits per heavy atom. The number of Topliss-reactive ketones (excluding diaryl/α,β-unsaturated/α-hetero) is 1. The standard InChI is InChI=1S/C32H30O7/c1-15-11-19-14-18-9-10-21(29(34)27(18)31(36)26(19)23(33)12-15)32(38-5)20-7-6-8-24(37-4)28(20)30(35)25-17(3)39-16(2)13-22(25)32/h6-12,16-17,33-34H,13-14H2,1-5H3/t16-,17+,32?/m0/s1. The van der Waals surface area contributed by atoms with Gasteiger partial charge in [0.05, 0.1) is 36.0 Å². The third-order valence-electron chi connectivity index (χ3n) is 8.31. The minimum atomic E-state index is -1.38. The van der Waals surface area contributed by atoms with Gasteiger partial charge in [0.15, 0.2) is 5.78 Å². The Hall–Kier alpha value is -3.94. The van der Waals surface area contributed by atoms with Gasteiger partial charge in [-0.25, -0.2) is 0 Å². The molecule has 2 N–H and O–H groups in total. The van der Waals surface area contributed by atoms with Crippen molar-refractivity contribution in [3.05, 3.63) is 98.1 Å². The van der Waals surface area contributed by atoms with E-state index in [4.69, 9.17) is 14.2 Å². The molecule has 39 heavy (non-hydrogen) atoms. The van der Waals surface area contributed by atoms with Gasteiger partial charge >= 0.3 is 0 Å². The van der Waals surface area contributed by atoms with Gasteiger partial charge in [0.25, 0.3) is 0 Å². The van der Waals surface area contributed by atoms with Crippen LogP contribution in [0.5, 0.6) is 17.2 Å². The molecule has 2 aliphatic carbocycles. The van der Waals surface area contributed by atoms with Crippen molar-refractivity contribution in [1.82, 2.24) is 0 Å². The van der Waals surface area contributed by atoms with Crippen molar-refractivity contribution in [2.45, 2.75) is 51.4 Å². The van der Waals surface area contributed by atoms with Crippen molar-refractivity contribution in [2.75, 3.05) is 14.2 Å². The molecule has 3 aromatic rings. The van der Waals surface area contributed by atoms with Crippen LogP contribution in [0.3, 0.4) is 0 Å². The normalized spacial score (nSPS) is 23.6. The monoisotopic (exact) mass is 526 g/mol. The molecule has 3 aliphatic rings. The quantitative estimate of drug-likeness (QED) is 0.382. The molecular formula is C32H30O7. The van der Waals surface area contributed by atoms with E-state index < -0.39 is 17.5 Å². The number of methoxy groups -OCH3 is 2. The molecule has 3 atom stereocenters. The van der Waals surface area contributed by atoms with Crippen LogP contribution in [0.4, 0.5) is 0 Å². The smallest absolute Gasteiger partial charge is 0.201 e. The molecule has 0 fully saturated rings. The summed E-state index contributed by atoms with van der Waals surface area (Å²) in [4.78, 5) is 27.7. The van der Waals surface area contributed by atoms with Gasteiger partial charge in [-0.05, 0) is 68.0 Å². The molecule has 0 saturated carbocycles. The van der Waals surface area contributed by atoms with Gasteiger partial charge in [-0.15, -0.1) is 0 Å². The number of phenols is 2. The Morgan fingerprint density at radius 2 is 1.69 bits per heavy atom. The van der Waals surface area contributed by atoms with Crippen molar-refractivity contribution in [1.29, 1.82) is 0 Å². The summed E-state index contributed by atoms with van der Waals surface area (Å²) in [5.41, 5.74) is 3.55. The highest BCUT2D eigenvalue weighted by atomic mass is 16.5. The van der Waals surface area contributed by atoms with Gasteiger partial charge in [-0.3, -0.25) is 9.59 Å². The average Bonchev–Trinajstić information content (AvgIpc) is 2.88. The second-order valence-electron chi connectivity index (χ2n) is 10.6. The Bertz CT molecular complexity index is 1620. The number of rotatable bonds is 3. The first-order valence-corrected chi connectivity index (χ1v) is 13.0. The molecular weight excluding hydrogens is 496 g/mol. The maximum Gasteiger partial charge on any atom is 0.201 e. The lowest BCUT2D eigenvalue weighted by molar-refractivity contribution is -0.0132. The fourth-order valence-electron chi connectivity index (χ4n) is 6.83. The first-order valence-electron chi connectivity index (χ1n) is 13.0. The largest absolute Gasteiger partial charge is 0.507 e. The van der Waals surface area contributed by atoms with Crippen molar-refractivity contribution in [3.8, 4) is 17.2 Å². The number of hydrogen-bond donors (Lipinski definition) is 2. The molecule has 0 saturated heterocycles. The van der Waals surface area contributed by atoms with Crippen LogP contribution in [-0.2, 0) is 21.5 Å². The van der Waals surface area contributed by atoms with E-state index >= 15 is 0 Å². The number of carbonyl (C=O) groups excluding carboxylic acids is 2. The third kappa shape index (κ3) is 3.36. The predicted molar refractivity (Wildman–Crippen MR) is 144 cm³/mol. The first kappa shape index (κ1) is 25.3. The number of fused-ring (bicyclic) bond motifs is 3. The molecule has 7 heteroatoms. The zero-order valence-electron chi connectivity index (χ0n) is 22.5. The molecule has 3 aromatic carbocycles. The van der Waals surface area contributed by atoms with Crippen LogP contribution < -0.4 is 4.74 Å². The Morgan fingerprint density at radius 1 is 0.923 bits per heavy atom. The number of carbonyl (C=O) groups is 2. The summed E-state index contributed by atoms with van der Waals surface area (Å²) in [6.07, 6.45) is 0.0561. The van der Waals surface area contributed by atoms with Crippen molar-refractivity contribution >= 4 is 11.6 Å². The lowest BCUT2D eigenvalue weighted by atomic mass is 9.66. The molecule has 1 aliphatic heterocycles. The fraction of sp³-hybridized carbons (Fsp3) is 0.312. The number of ketones is 2. The lowest BCUT2D eigenvalue weighted by Crippen LogP contribution is -2.45. The van der Waals surface area contributed by atoms with E-state index in [2.05, 4.69) is 0 Å². The lowest BCUT2D eigenvalue weighted by Gasteiger charge is -2.46. The van der Waals surface area contributed by atoms with Crippen molar-refractivity contribution in [2.24, 2.45) is 0 Å². The number of aromatic hydroxyl groups is 2. The highest BCUT2D eigenvalue weighted by Crippen LogP contribution is 2.55. The zero-order chi connectivity index (χ0) is 27.8. The molecule has 6 rings (SSSR count). The first-order chi connectivity index (χ1) is 18.6. The number of hydrogen-bond acceptors (Lipinski definition) is 7. The number of benzene rings is 3. The molecule has 0 amide bonds. The second kappa shape index (κ2) is 8.79. The van der Waals surface area contributed by atoms with E-state index in [1.807, 2.05) is 32.9 Å². The van der Waals surface area contributed by atoms with Crippen molar-refractivity contribution in [3.63, 3.8) is 0 Å². The summed E-state index contributed by atoms with van der Waals surface area (Å²) < 4.78 is 18.1. The Kier molecular flexibility index (Phi) is 5.72. The Labute approximate surface area is 226 Å². The van der Waals surface area contributed by atoms with E-state index in [-0.39, 0.29) is 34.5 Å². The SMILES string of the molecule is COc1cccc2c1C(=O)C1=C(C[C@H](C)O[C@@H]1C)C2(OC)c1ccc2c(c1O)C(=O)c1c(O)cc(C)cc1C2. The average molecular weight is 527 g/mol. The molecule has 0 bridgehead atoms. The van der Waals surface area contributed by atoms with Gasteiger partial charge < -0.3 is 24.4 Å². The summed E-state index contributed by atoms with van der Waals surface area (Å²) in [5, 5.41) is 22.6. The fourth-order valence-corrected chi connectivity index (χ4v) is 6.83. The van der Waals surface area contributed by atoms with E-state index in [1.54, 1.807) is 37.4 Å². The molecule has 1 unspecified atom stereocenters. The van der Waals surface area contributed by atoms with E-state index in [0.29, 0.717) is 57.6 Å². The summed E-state index contributed by atoms with van der Waals surface area (Å²) >= 11 is 0. The maximum absolute atomic E-state index is 13.9. The number of aryl methyl sites for hydroxylation is 1. The zero-order valence-corrected chi connectivity index (χ0v) is 22.5. The highest BCUT2D eigenvalue weighted by Gasteiger charge is 2.53. The molecule has 0 spiro atoms. The number of ether oxygens (including phenoxy) is 3. The van der Waals surface area contributed by atoms with Gasteiger partial charge in [-0.2, -0.15) is 0 Å². The van der Waals surface area contributed by atoms with Gasteiger partial charge in [0.1, 0.15) is 22.8 Å². The maximum atomic E-state index is 13.9. The highest BCUT2D eigenvalue weighted by molar-refractivity contribution is 6.17. The molecule has 0 radical (unpaired) electrons. The minimum absolute atomic E-state index is 0.109. The topological polar surface area (TPSA) is 102 Å². The van der Waals surface area contributed by atoms with E-state index in [0.717, 1.165) is 5.56 Å².